The molecule has 0 aliphatic carbocycles. The lowest BCUT2D eigenvalue weighted by atomic mass is 10.2. The van der Waals surface area contributed by atoms with Crippen LogP contribution in [0, 0.1) is 0 Å². The second-order valence-corrected chi connectivity index (χ2v) is 5.82. The van der Waals surface area contributed by atoms with Gasteiger partial charge < -0.3 is 19.4 Å². The Hall–Kier alpha value is -2.57. The lowest BCUT2D eigenvalue weighted by Crippen LogP contribution is -2.45. The first-order valence-electron chi connectivity index (χ1n) is 7.83. The average molecular weight is 314 g/mol. The zero-order valence-corrected chi connectivity index (χ0v) is 12.9. The first-order chi connectivity index (χ1) is 11.2. The number of nitrogens with one attached hydrogen (secondary N) is 1. The number of fused-ring (bicyclic) bond motifs is 2. The number of carbonyl (C=O) groups excluding carboxylic acids is 1. The first kappa shape index (κ1) is 14.0. The molecule has 2 atom stereocenters. The van der Waals surface area contributed by atoms with Gasteiger partial charge in [-0.3, -0.25) is 4.79 Å². The molecule has 2 aliphatic rings. The quantitative estimate of drug-likeness (QED) is 0.922. The summed E-state index contributed by atoms with van der Waals surface area (Å²) in [5.41, 5.74) is 0. The Morgan fingerprint density at radius 3 is 3.04 bits per heavy atom. The van der Waals surface area contributed by atoms with E-state index in [1.54, 1.807) is 6.07 Å². The van der Waals surface area contributed by atoms with Gasteiger partial charge in [-0.2, -0.15) is 0 Å². The van der Waals surface area contributed by atoms with Gasteiger partial charge in [-0.05, 0) is 25.5 Å². The van der Waals surface area contributed by atoms with Crippen LogP contribution in [0.4, 0.5) is 0 Å². The predicted molar refractivity (Wildman–Crippen MR) is 81.3 cm³/mol. The first-order valence-corrected chi connectivity index (χ1v) is 7.83. The molecule has 23 heavy (non-hydrogen) atoms. The number of ether oxygens (including phenoxy) is 2. The summed E-state index contributed by atoms with van der Waals surface area (Å²) in [6, 6.07) is 7.12. The number of amides is 1. The summed E-state index contributed by atoms with van der Waals surface area (Å²) in [5.74, 6) is 2.84. The van der Waals surface area contributed by atoms with Gasteiger partial charge in [0.1, 0.15) is 12.4 Å². The minimum Gasteiger partial charge on any atom is -0.485 e. The zero-order valence-electron chi connectivity index (χ0n) is 12.9. The SMILES string of the molecule is C[C@@H](NC(=O)[C@H]1COc2ccccc2O1)c1nnc2n1CCC2. The molecule has 0 saturated carbocycles. The third-order valence-corrected chi connectivity index (χ3v) is 4.19. The Bertz CT molecular complexity index is 743. The van der Waals surface area contributed by atoms with Crippen molar-refractivity contribution in [2.24, 2.45) is 0 Å². The standard InChI is InChI=1S/C16H18N4O3/c1-10(15-19-18-14-7-4-8-20(14)15)17-16(21)13-9-22-11-5-2-3-6-12(11)23-13/h2-3,5-6,10,13H,4,7-9H2,1H3,(H,17,21)/t10-,13-/m1/s1. The third-order valence-electron chi connectivity index (χ3n) is 4.19. The summed E-state index contributed by atoms with van der Waals surface area (Å²) in [6.07, 6.45) is 1.37. The van der Waals surface area contributed by atoms with E-state index in [0.717, 1.165) is 31.0 Å². The Labute approximate surface area is 133 Å². The fourth-order valence-electron chi connectivity index (χ4n) is 3.01. The fraction of sp³-hybridized carbons (Fsp3) is 0.438. The maximum Gasteiger partial charge on any atom is 0.265 e. The van der Waals surface area contributed by atoms with Crippen LogP contribution in [0.3, 0.4) is 0 Å². The van der Waals surface area contributed by atoms with Crippen LogP contribution >= 0.6 is 0 Å². The molecule has 7 nitrogen and oxygen atoms in total. The van der Waals surface area contributed by atoms with E-state index >= 15 is 0 Å². The molecule has 1 aromatic carbocycles. The number of rotatable bonds is 3. The van der Waals surface area contributed by atoms with Crippen molar-refractivity contribution in [3.8, 4) is 11.5 Å². The maximum atomic E-state index is 12.4. The van der Waals surface area contributed by atoms with Crippen LogP contribution in [-0.2, 0) is 17.8 Å². The minimum atomic E-state index is -0.659. The molecule has 0 unspecified atom stereocenters. The summed E-state index contributed by atoms with van der Waals surface area (Å²) in [6.45, 7) is 3.02. The summed E-state index contributed by atoms with van der Waals surface area (Å²) in [7, 11) is 0. The van der Waals surface area contributed by atoms with Gasteiger partial charge in [0, 0.05) is 13.0 Å². The largest absolute Gasteiger partial charge is 0.485 e. The number of benzene rings is 1. The number of carbonyl (C=O) groups is 1. The molecule has 0 fully saturated rings. The molecule has 2 aliphatic heterocycles. The number of para-hydroxylation sites is 2. The fourth-order valence-corrected chi connectivity index (χ4v) is 3.01. The van der Waals surface area contributed by atoms with Crippen molar-refractivity contribution in [1.82, 2.24) is 20.1 Å². The zero-order chi connectivity index (χ0) is 15.8. The van der Waals surface area contributed by atoms with Crippen LogP contribution < -0.4 is 14.8 Å². The van der Waals surface area contributed by atoms with E-state index in [0.29, 0.717) is 11.5 Å². The summed E-state index contributed by atoms with van der Waals surface area (Å²) in [5, 5.41) is 11.3. The predicted octanol–water partition coefficient (Wildman–Crippen LogP) is 1.24. The van der Waals surface area contributed by atoms with Crippen molar-refractivity contribution < 1.29 is 14.3 Å². The second kappa shape index (κ2) is 5.57. The van der Waals surface area contributed by atoms with Gasteiger partial charge in [-0.15, -0.1) is 10.2 Å². The summed E-state index contributed by atoms with van der Waals surface area (Å²) in [4.78, 5) is 12.4. The Morgan fingerprint density at radius 1 is 1.35 bits per heavy atom. The molecule has 4 rings (SSSR count). The van der Waals surface area contributed by atoms with Crippen LogP contribution in [0.1, 0.15) is 31.0 Å². The molecule has 0 spiro atoms. The summed E-state index contributed by atoms with van der Waals surface area (Å²) < 4.78 is 13.4. The van der Waals surface area contributed by atoms with Gasteiger partial charge in [-0.1, -0.05) is 12.1 Å². The van der Waals surface area contributed by atoms with Crippen molar-refractivity contribution >= 4 is 5.91 Å². The smallest absolute Gasteiger partial charge is 0.265 e. The molecule has 1 N–H and O–H groups in total. The molecule has 1 amide bonds. The molecule has 0 radical (unpaired) electrons. The molecule has 3 heterocycles. The number of hydrogen-bond acceptors (Lipinski definition) is 5. The highest BCUT2D eigenvalue weighted by Gasteiger charge is 2.30. The van der Waals surface area contributed by atoms with Crippen molar-refractivity contribution in [2.45, 2.75) is 38.5 Å². The van der Waals surface area contributed by atoms with Crippen LogP contribution in [0.15, 0.2) is 24.3 Å². The lowest BCUT2D eigenvalue weighted by Gasteiger charge is -2.26. The van der Waals surface area contributed by atoms with Gasteiger partial charge in [0.25, 0.3) is 5.91 Å². The lowest BCUT2D eigenvalue weighted by molar-refractivity contribution is -0.131. The third kappa shape index (κ3) is 2.52. The molecular weight excluding hydrogens is 296 g/mol. The Morgan fingerprint density at radius 2 is 2.17 bits per heavy atom. The highest BCUT2D eigenvalue weighted by atomic mass is 16.6. The maximum absolute atomic E-state index is 12.4. The molecule has 2 aromatic rings. The molecule has 1 aromatic heterocycles. The van der Waals surface area contributed by atoms with Gasteiger partial charge in [0.15, 0.2) is 17.3 Å². The Kier molecular flexibility index (Phi) is 3.40. The van der Waals surface area contributed by atoms with E-state index < -0.39 is 6.10 Å². The monoisotopic (exact) mass is 314 g/mol. The minimum absolute atomic E-state index is 0.202. The van der Waals surface area contributed by atoms with Crippen LogP contribution in [0.5, 0.6) is 11.5 Å². The average Bonchev–Trinajstić information content (AvgIpc) is 3.17. The molecular formula is C16H18N4O3. The second-order valence-electron chi connectivity index (χ2n) is 5.82. The van der Waals surface area contributed by atoms with Gasteiger partial charge in [-0.25, -0.2) is 0 Å². The van der Waals surface area contributed by atoms with E-state index in [-0.39, 0.29) is 18.6 Å². The Balaban J connectivity index is 1.44. The molecule has 0 saturated heterocycles. The van der Waals surface area contributed by atoms with Crippen molar-refractivity contribution in [3.63, 3.8) is 0 Å². The molecule has 0 bridgehead atoms. The van der Waals surface area contributed by atoms with E-state index in [1.807, 2.05) is 25.1 Å². The molecule has 120 valence electrons. The number of nitrogens with zero attached hydrogens (tertiary/aromatic N) is 3. The van der Waals surface area contributed by atoms with E-state index in [2.05, 4.69) is 20.1 Å². The normalized spacial score (nSPS) is 20.0. The van der Waals surface area contributed by atoms with Crippen LogP contribution in [-0.4, -0.2) is 33.4 Å². The van der Waals surface area contributed by atoms with E-state index in [1.165, 1.54) is 0 Å². The van der Waals surface area contributed by atoms with Gasteiger partial charge >= 0.3 is 0 Å². The molecule has 7 heteroatoms. The summed E-state index contributed by atoms with van der Waals surface area (Å²) >= 11 is 0. The number of aryl methyl sites for hydroxylation is 1. The topological polar surface area (TPSA) is 78.3 Å². The highest BCUT2D eigenvalue weighted by Crippen LogP contribution is 2.31. The van der Waals surface area contributed by atoms with Crippen LogP contribution in [0.2, 0.25) is 0 Å². The van der Waals surface area contributed by atoms with Crippen molar-refractivity contribution in [1.29, 1.82) is 0 Å². The number of hydrogen-bond donors (Lipinski definition) is 1. The van der Waals surface area contributed by atoms with Crippen molar-refractivity contribution in [2.75, 3.05) is 6.61 Å². The van der Waals surface area contributed by atoms with Crippen LogP contribution in [0.25, 0.3) is 0 Å². The van der Waals surface area contributed by atoms with Crippen molar-refractivity contribution in [3.05, 3.63) is 35.9 Å². The van der Waals surface area contributed by atoms with E-state index in [4.69, 9.17) is 9.47 Å². The van der Waals surface area contributed by atoms with Gasteiger partial charge in [0.2, 0.25) is 6.10 Å². The van der Waals surface area contributed by atoms with Gasteiger partial charge in [0.05, 0.1) is 6.04 Å². The van der Waals surface area contributed by atoms with E-state index in [9.17, 15) is 4.79 Å². The highest BCUT2D eigenvalue weighted by molar-refractivity contribution is 5.82. The number of aromatic nitrogens is 3.